The molecular formula is C22H23N3O3. The molecule has 28 heavy (non-hydrogen) atoms. The van der Waals surface area contributed by atoms with Crippen molar-refractivity contribution in [1.82, 2.24) is 4.98 Å². The molecule has 1 heterocycles. The van der Waals surface area contributed by atoms with Crippen molar-refractivity contribution in [3.8, 4) is 11.5 Å². The average molecular weight is 377 g/mol. The Morgan fingerprint density at radius 3 is 2.46 bits per heavy atom. The van der Waals surface area contributed by atoms with Gasteiger partial charge in [0.2, 0.25) is 0 Å². The van der Waals surface area contributed by atoms with E-state index in [0.29, 0.717) is 22.9 Å². The molecule has 0 aliphatic heterocycles. The number of carbonyl (C=O) groups is 1. The lowest BCUT2D eigenvalue weighted by atomic mass is 10.1. The van der Waals surface area contributed by atoms with E-state index in [-0.39, 0.29) is 5.91 Å². The highest BCUT2D eigenvalue weighted by molar-refractivity contribution is 6.03. The third-order valence-corrected chi connectivity index (χ3v) is 4.31. The number of hydrogen-bond acceptors (Lipinski definition) is 5. The number of methoxy groups -OCH3 is 2. The molecular weight excluding hydrogens is 354 g/mol. The molecule has 0 saturated heterocycles. The molecule has 0 fully saturated rings. The number of ether oxygens (including phenoxy) is 2. The van der Waals surface area contributed by atoms with Crippen LogP contribution in [0.1, 0.15) is 21.6 Å². The fourth-order valence-electron chi connectivity index (χ4n) is 2.84. The van der Waals surface area contributed by atoms with Crippen molar-refractivity contribution in [3.63, 3.8) is 0 Å². The highest BCUT2D eigenvalue weighted by atomic mass is 16.5. The van der Waals surface area contributed by atoms with Gasteiger partial charge in [0.1, 0.15) is 17.2 Å². The number of amides is 1. The molecule has 6 nitrogen and oxygen atoms in total. The van der Waals surface area contributed by atoms with Gasteiger partial charge in [0.05, 0.1) is 19.9 Å². The van der Waals surface area contributed by atoms with Crippen LogP contribution in [0.3, 0.4) is 0 Å². The van der Waals surface area contributed by atoms with Crippen molar-refractivity contribution in [2.45, 2.75) is 13.8 Å². The topological polar surface area (TPSA) is 72.5 Å². The van der Waals surface area contributed by atoms with Crippen LogP contribution in [-0.2, 0) is 0 Å². The van der Waals surface area contributed by atoms with Gasteiger partial charge in [-0.25, -0.2) is 0 Å². The normalized spacial score (nSPS) is 10.3. The van der Waals surface area contributed by atoms with Gasteiger partial charge in [-0.3, -0.25) is 9.78 Å². The maximum absolute atomic E-state index is 12.6. The van der Waals surface area contributed by atoms with E-state index in [1.807, 2.05) is 50.2 Å². The lowest BCUT2D eigenvalue weighted by Gasteiger charge is -2.13. The summed E-state index contributed by atoms with van der Waals surface area (Å²) >= 11 is 0. The highest BCUT2D eigenvalue weighted by Gasteiger charge is 2.11. The lowest BCUT2D eigenvalue weighted by molar-refractivity contribution is 0.102. The first-order valence-electron chi connectivity index (χ1n) is 8.84. The Kier molecular flexibility index (Phi) is 5.79. The summed E-state index contributed by atoms with van der Waals surface area (Å²) in [6, 6.07) is 14.8. The molecule has 1 amide bonds. The molecule has 0 aliphatic carbocycles. The number of carbonyl (C=O) groups excluding carboxylic acids is 1. The largest absolute Gasteiger partial charge is 0.497 e. The summed E-state index contributed by atoms with van der Waals surface area (Å²) in [6.07, 6.45) is 1.59. The summed E-state index contributed by atoms with van der Waals surface area (Å²) in [5.74, 6) is 1.09. The second-order valence-electron chi connectivity index (χ2n) is 6.39. The predicted molar refractivity (Wildman–Crippen MR) is 111 cm³/mol. The molecule has 1 aromatic heterocycles. The molecule has 0 saturated carbocycles. The number of nitrogens with zero attached hydrogens (tertiary/aromatic N) is 1. The number of aryl methyl sites for hydroxylation is 2. The van der Waals surface area contributed by atoms with Crippen LogP contribution < -0.4 is 20.1 Å². The summed E-state index contributed by atoms with van der Waals surface area (Å²) in [5.41, 5.74) is 4.67. The van der Waals surface area contributed by atoms with Crippen molar-refractivity contribution in [3.05, 3.63) is 71.5 Å². The van der Waals surface area contributed by atoms with Gasteiger partial charge in [0.25, 0.3) is 5.91 Å². The third kappa shape index (κ3) is 4.40. The smallest absolute Gasteiger partial charge is 0.274 e. The van der Waals surface area contributed by atoms with Crippen LogP contribution in [0.15, 0.2) is 54.7 Å². The Morgan fingerprint density at radius 1 is 0.929 bits per heavy atom. The molecule has 0 aliphatic rings. The van der Waals surface area contributed by atoms with E-state index in [2.05, 4.69) is 15.6 Å². The van der Waals surface area contributed by atoms with Crippen LogP contribution in [-0.4, -0.2) is 25.1 Å². The average Bonchev–Trinajstić information content (AvgIpc) is 2.70. The Hall–Kier alpha value is -3.54. The van der Waals surface area contributed by atoms with Crippen LogP contribution in [0.5, 0.6) is 11.5 Å². The van der Waals surface area contributed by atoms with Crippen LogP contribution in [0.2, 0.25) is 0 Å². The number of aromatic nitrogens is 1. The zero-order valence-electron chi connectivity index (χ0n) is 16.4. The molecule has 3 rings (SSSR count). The second kappa shape index (κ2) is 8.43. The summed E-state index contributed by atoms with van der Waals surface area (Å²) in [5, 5.41) is 6.16. The maximum Gasteiger partial charge on any atom is 0.274 e. The molecule has 2 aromatic carbocycles. The third-order valence-electron chi connectivity index (χ3n) is 4.31. The summed E-state index contributed by atoms with van der Waals surface area (Å²) in [7, 11) is 3.20. The van der Waals surface area contributed by atoms with Gasteiger partial charge in [-0.05, 0) is 49.7 Å². The van der Waals surface area contributed by atoms with Crippen LogP contribution in [0, 0.1) is 13.8 Å². The number of nitrogens with one attached hydrogen (secondary N) is 2. The lowest BCUT2D eigenvalue weighted by Crippen LogP contribution is -2.14. The first-order valence-corrected chi connectivity index (χ1v) is 8.84. The molecule has 0 unspecified atom stereocenters. The highest BCUT2D eigenvalue weighted by Crippen LogP contribution is 2.31. The van der Waals surface area contributed by atoms with Gasteiger partial charge >= 0.3 is 0 Å². The number of pyridine rings is 1. The van der Waals surface area contributed by atoms with E-state index < -0.39 is 0 Å². The Labute approximate surface area is 164 Å². The molecule has 0 radical (unpaired) electrons. The van der Waals surface area contributed by atoms with E-state index in [4.69, 9.17) is 9.47 Å². The van der Waals surface area contributed by atoms with Crippen molar-refractivity contribution < 1.29 is 14.3 Å². The summed E-state index contributed by atoms with van der Waals surface area (Å²) in [6.45, 7) is 3.98. The van der Waals surface area contributed by atoms with Gasteiger partial charge in [0, 0.05) is 23.6 Å². The number of hydrogen-bond donors (Lipinski definition) is 2. The molecule has 6 heteroatoms. The number of anilines is 3. The zero-order chi connectivity index (χ0) is 20.1. The second-order valence-corrected chi connectivity index (χ2v) is 6.39. The number of benzene rings is 2. The minimum Gasteiger partial charge on any atom is -0.497 e. The van der Waals surface area contributed by atoms with Crippen molar-refractivity contribution in [2.75, 3.05) is 24.9 Å². The molecule has 2 N–H and O–H groups in total. The Morgan fingerprint density at radius 2 is 1.75 bits per heavy atom. The molecule has 144 valence electrons. The first-order chi connectivity index (χ1) is 13.5. The quantitative estimate of drug-likeness (QED) is 0.651. The molecule has 0 bridgehead atoms. The van der Waals surface area contributed by atoms with Crippen molar-refractivity contribution >= 4 is 23.0 Å². The van der Waals surface area contributed by atoms with Gasteiger partial charge in [0.15, 0.2) is 0 Å². The van der Waals surface area contributed by atoms with E-state index in [0.717, 1.165) is 22.5 Å². The van der Waals surface area contributed by atoms with Crippen LogP contribution in [0.25, 0.3) is 0 Å². The standard InChI is InChI=1S/C22H23N3O3/c1-14-5-7-18(15(2)11-14)25-22(26)20-12-16(9-10-23-20)24-19-13-17(27-3)6-8-21(19)28-4/h5-13H,1-4H3,(H,23,24)(H,25,26). The molecule has 3 aromatic rings. The minimum absolute atomic E-state index is 0.270. The fourth-order valence-corrected chi connectivity index (χ4v) is 2.84. The minimum atomic E-state index is -0.270. The molecule has 0 spiro atoms. The Balaban J connectivity index is 1.81. The fraction of sp³-hybridized carbons (Fsp3) is 0.182. The zero-order valence-corrected chi connectivity index (χ0v) is 16.4. The van der Waals surface area contributed by atoms with E-state index >= 15 is 0 Å². The van der Waals surface area contributed by atoms with Crippen molar-refractivity contribution in [2.24, 2.45) is 0 Å². The monoisotopic (exact) mass is 377 g/mol. The van der Waals surface area contributed by atoms with Crippen LogP contribution >= 0.6 is 0 Å². The summed E-state index contributed by atoms with van der Waals surface area (Å²) < 4.78 is 10.7. The van der Waals surface area contributed by atoms with Gasteiger partial charge in [-0.2, -0.15) is 0 Å². The van der Waals surface area contributed by atoms with Crippen molar-refractivity contribution in [1.29, 1.82) is 0 Å². The maximum atomic E-state index is 12.6. The number of rotatable bonds is 6. The SMILES string of the molecule is COc1ccc(OC)c(Nc2ccnc(C(=O)Nc3ccc(C)cc3C)c2)c1. The van der Waals surface area contributed by atoms with E-state index in [1.165, 1.54) is 0 Å². The van der Waals surface area contributed by atoms with E-state index in [9.17, 15) is 4.79 Å². The van der Waals surface area contributed by atoms with Crippen LogP contribution in [0.4, 0.5) is 17.1 Å². The van der Waals surface area contributed by atoms with Gasteiger partial charge < -0.3 is 20.1 Å². The summed E-state index contributed by atoms with van der Waals surface area (Å²) in [4.78, 5) is 16.8. The van der Waals surface area contributed by atoms with Gasteiger partial charge in [-0.1, -0.05) is 17.7 Å². The Bertz CT molecular complexity index is 1000. The van der Waals surface area contributed by atoms with E-state index in [1.54, 1.807) is 32.5 Å². The molecule has 0 atom stereocenters. The first kappa shape index (κ1) is 19.2. The van der Waals surface area contributed by atoms with Gasteiger partial charge in [-0.15, -0.1) is 0 Å². The predicted octanol–water partition coefficient (Wildman–Crippen LogP) is 4.71.